The van der Waals surface area contributed by atoms with Crippen LogP contribution < -0.4 is 14.7 Å². The summed E-state index contributed by atoms with van der Waals surface area (Å²) in [6.45, 7) is 9.23. The molecule has 4 aromatic heterocycles. The van der Waals surface area contributed by atoms with Gasteiger partial charge in [-0.15, -0.1) is 0 Å². The molecule has 0 N–H and O–H groups in total. The van der Waals surface area contributed by atoms with Crippen LogP contribution in [0.4, 0.5) is 51.6 Å². The molecule has 0 fully saturated rings. The molecule has 0 amide bonds. The van der Waals surface area contributed by atoms with Gasteiger partial charge >= 0.3 is 0 Å². The molecule has 7 heterocycles. The lowest BCUT2D eigenvalue weighted by molar-refractivity contribution is 0.577. The summed E-state index contributed by atoms with van der Waals surface area (Å²) in [5, 5.41) is 0. The normalized spacial score (nSPS) is 15.5. The number of hydrogen-bond donors (Lipinski definition) is 0. The lowest BCUT2D eigenvalue weighted by Crippen LogP contribution is -2.36. The minimum atomic E-state index is -0.841. The Kier molecular flexibility index (Phi) is 8.84. The average Bonchev–Trinajstić information content (AvgIpc) is 4.21. The number of hydrogen-bond acceptors (Lipinski definition) is 7. The standard InChI is InChI=1S/C67H49N5O2/c1-65(2)45-20-8-12-26-53(45)71(54-27-13-9-21-46(54)65)61-36-34-59(73-61)42-30-32-57-51(40-42)67(49-24-16-38-68-63(49)64-50(67)25-17-39-69-64)52-41-43(31-33-58(52)70(57)44-18-6-5-7-19-44)60-35-37-62(74-60)72-55-28-14-10-22-47(55)66(3,4)48-23-11-15-29-56(48)72/h5-41H,1-4H3. The molecule has 7 aromatic carbocycles. The molecule has 15 rings (SSSR count). The molecule has 0 unspecified atom stereocenters. The van der Waals surface area contributed by atoms with Crippen LogP contribution in [-0.2, 0) is 16.2 Å². The van der Waals surface area contributed by atoms with Gasteiger partial charge in [-0.1, -0.05) is 131 Å². The van der Waals surface area contributed by atoms with E-state index >= 15 is 0 Å². The average molecular weight is 956 g/mol. The van der Waals surface area contributed by atoms with Crippen molar-refractivity contribution in [1.29, 1.82) is 0 Å². The molecular weight excluding hydrogens is 907 g/mol. The molecule has 7 nitrogen and oxygen atoms in total. The number of aromatic nitrogens is 2. The minimum absolute atomic E-state index is 0.188. The molecule has 0 saturated heterocycles. The first kappa shape index (κ1) is 42.5. The molecule has 3 aliphatic heterocycles. The van der Waals surface area contributed by atoms with Crippen molar-refractivity contribution in [2.45, 2.75) is 43.9 Å². The Morgan fingerprint density at radius 2 is 0.689 bits per heavy atom. The number of para-hydroxylation sites is 5. The van der Waals surface area contributed by atoms with Crippen LogP contribution in [0.5, 0.6) is 0 Å². The number of furan rings is 2. The summed E-state index contributed by atoms with van der Waals surface area (Å²) in [7, 11) is 0. The van der Waals surface area contributed by atoms with E-state index in [1.165, 1.54) is 22.3 Å². The van der Waals surface area contributed by atoms with Gasteiger partial charge in [0.05, 0.1) is 50.9 Å². The fourth-order valence-electron chi connectivity index (χ4n) is 13.0. The Morgan fingerprint density at radius 3 is 1.11 bits per heavy atom. The molecule has 0 saturated carbocycles. The van der Waals surface area contributed by atoms with E-state index < -0.39 is 5.41 Å². The van der Waals surface area contributed by atoms with Crippen LogP contribution in [0, 0.1) is 0 Å². The van der Waals surface area contributed by atoms with Gasteiger partial charge in [-0.3, -0.25) is 19.8 Å². The van der Waals surface area contributed by atoms with E-state index in [2.05, 4.69) is 255 Å². The second-order valence-electron chi connectivity index (χ2n) is 20.9. The highest BCUT2D eigenvalue weighted by Gasteiger charge is 2.53. The number of rotatable bonds is 5. The van der Waals surface area contributed by atoms with E-state index in [9.17, 15) is 0 Å². The lowest BCUT2D eigenvalue weighted by Gasteiger charge is -2.45. The first-order chi connectivity index (χ1) is 36.2. The number of benzene rings is 7. The maximum atomic E-state index is 7.11. The molecule has 354 valence electrons. The van der Waals surface area contributed by atoms with Crippen molar-refractivity contribution < 1.29 is 8.83 Å². The Balaban J connectivity index is 0.935. The van der Waals surface area contributed by atoms with Crippen molar-refractivity contribution in [3.63, 3.8) is 0 Å². The summed E-state index contributed by atoms with van der Waals surface area (Å²) < 4.78 is 14.2. The summed E-state index contributed by atoms with van der Waals surface area (Å²) >= 11 is 0. The van der Waals surface area contributed by atoms with E-state index in [0.29, 0.717) is 0 Å². The third-order valence-corrected chi connectivity index (χ3v) is 16.4. The zero-order valence-corrected chi connectivity index (χ0v) is 41.4. The molecule has 7 heteroatoms. The SMILES string of the molecule is CC1(C)c2ccccc2N(c2ccc(-c3ccc4c(c3)C3(c5cc(-c6ccc(N7c8ccccc8C(C)(C)c8ccccc87)o6)ccc5N4c4ccccc4)c4cccnc4-c4ncccc43)o2)c2ccccc21. The minimum Gasteiger partial charge on any atom is -0.440 e. The quantitative estimate of drug-likeness (QED) is 0.170. The van der Waals surface area contributed by atoms with Crippen molar-refractivity contribution in [1.82, 2.24) is 9.97 Å². The van der Waals surface area contributed by atoms with Crippen LogP contribution in [0.1, 0.15) is 72.2 Å². The van der Waals surface area contributed by atoms with Crippen LogP contribution in [0.2, 0.25) is 0 Å². The maximum Gasteiger partial charge on any atom is 0.205 e. The Hall–Kier alpha value is -9.20. The fraction of sp³-hybridized carbons (Fsp3) is 0.104. The number of fused-ring (bicyclic) bond motifs is 13. The smallest absolute Gasteiger partial charge is 0.205 e. The van der Waals surface area contributed by atoms with E-state index in [1.54, 1.807) is 0 Å². The number of pyridine rings is 2. The van der Waals surface area contributed by atoms with Crippen molar-refractivity contribution >= 4 is 51.6 Å². The van der Waals surface area contributed by atoms with Crippen LogP contribution >= 0.6 is 0 Å². The van der Waals surface area contributed by atoms with E-state index in [4.69, 9.17) is 18.8 Å². The molecule has 0 radical (unpaired) electrons. The van der Waals surface area contributed by atoms with E-state index in [1.807, 2.05) is 12.4 Å². The highest BCUT2D eigenvalue weighted by molar-refractivity contribution is 5.96. The van der Waals surface area contributed by atoms with Crippen LogP contribution in [0.15, 0.2) is 234 Å². The summed E-state index contributed by atoms with van der Waals surface area (Å²) in [6.07, 6.45) is 3.77. The van der Waals surface area contributed by atoms with Crippen molar-refractivity contribution in [2.75, 3.05) is 14.7 Å². The van der Waals surface area contributed by atoms with Gasteiger partial charge in [-0.05, 0) is 142 Å². The Morgan fingerprint density at radius 1 is 0.324 bits per heavy atom. The second kappa shape index (κ2) is 15.4. The van der Waals surface area contributed by atoms with Gasteiger partial charge in [0.2, 0.25) is 11.8 Å². The molecule has 0 bridgehead atoms. The van der Waals surface area contributed by atoms with Crippen molar-refractivity contribution in [3.05, 3.63) is 269 Å². The molecule has 1 aliphatic carbocycles. The largest absolute Gasteiger partial charge is 0.440 e. The molecule has 4 aliphatic rings. The number of nitrogens with zero attached hydrogens (tertiary/aromatic N) is 5. The second-order valence-corrected chi connectivity index (χ2v) is 20.9. The predicted octanol–water partition coefficient (Wildman–Crippen LogP) is 17.4. The summed E-state index contributed by atoms with van der Waals surface area (Å²) in [6, 6.07) is 76.2. The van der Waals surface area contributed by atoms with Crippen LogP contribution in [-0.4, -0.2) is 9.97 Å². The first-order valence-corrected chi connectivity index (χ1v) is 25.5. The van der Waals surface area contributed by atoms with Gasteiger partial charge in [-0.2, -0.15) is 0 Å². The van der Waals surface area contributed by atoms with Crippen LogP contribution in [0.3, 0.4) is 0 Å². The Labute approximate surface area is 430 Å². The Bertz CT molecular complexity index is 3740. The fourth-order valence-corrected chi connectivity index (χ4v) is 13.0. The summed E-state index contributed by atoms with van der Waals surface area (Å²) in [4.78, 5) is 17.2. The topological polar surface area (TPSA) is 61.8 Å². The summed E-state index contributed by atoms with van der Waals surface area (Å²) in [5.41, 5.74) is 19.5. The zero-order chi connectivity index (χ0) is 49.5. The number of anilines is 9. The highest BCUT2D eigenvalue weighted by atomic mass is 16.4. The van der Waals surface area contributed by atoms with Gasteiger partial charge in [0.25, 0.3) is 0 Å². The molecule has 1 spiro atoms. The van der Waals surface area contributed by atoms with Gasteiger partial charge in [0.1, 0.15) is 11.5 Å². The lowest BCUT2D eigenvalue weighted by atomic mass is 9.64. The van der Waals surface area contributed by atoms with Gasteiger partial charge in [0, 0.05) is 52.2 Å². The monoisotopic (exact) mass is 955 g/mol. The first-order valence-electron chi connectivity index (χ1n) is 25.5. The van der Waals surface area contributed by atoms with Gasteiger partial charge < -0.3 is 13.7 Å². The van der Waals surface area contributed by atoms with E-state index in [0.717, 1.165) is 108 Å². The maximum absolute atomic E-state index is 7.11. The molecule has 74 heavy (non-hydrogen) atoms. The van der Waals surface area contributed by atoms with Crippen molar-refractivity contribution in [2.24, 2.45) is 0 Å². The molecular formula is C67H49N5O2. The van der Waals surface area contributed by atoms with E-state index in [-0.39, 0.29) is 10.8 Å². The van der Waals surface area contributed by atoms with Gasteiger partial charge in [-0.25, -0.2) is 0 Å². The molecule has 11 aromatic rings. The highest BCUT2D eigenvalue weighted by Crippen LogP contribution is 2.64. The van der Waals surface area contributed by atoms with Crippen molar-refractivity contribution in [3.8, 4) is 34.0 Å². The third-order valence-electron chi connectivity index (χ3n) is 16.4. The van der Waals surface area contributed by atoms with Crippen LogP contribution in [0.25, 0.3) is 34.0 Å². The summed E-state index contributed by atoms with van der Waals surface area (Å²) in [5.74, 6) is 3.05. The third kappa shape index (κ3) is 5.72. The van der Waals surface area contributed by atoms with Gasteiger partial charge in [0.15, 0.2) is 0 Å². The predicted molar refractivity (Wildman–Crippen MR) is 297 cm³/mol. The zero-order valence-electron chi connectivity index (χ0n) is 41.4. The molecule has 0 atom stereocenters.